The number of methoxy groups -OCH3 is 3. The third kappa shape index (κ3) is 3.39. The highest BCUT2D eigenvalue weighted by molar-refractivity contribution is 5.75. The van der Waals surface area contributed by atoms with Crippen molar-refractivity contribution in [3.8, 4) is 23.3 Å². The second-order valence-corrected chi connectivity index (χ2v) is 4.52. The Hall–Kier alpha value is -2.93. The zero-order chi connectivity index (χ0) is 15.9. The van der Waals surface area contributed by atoms with E-state index in [1.807, 2.05) is 30.4 Å². The van der Waals surface area contributed by atoms with E-state index in [9.17, 15) is 0 Å². The van der Waals surface area contributed by atoms with Gasteiger partial charge in [0, 0.05) is 11.6 Å². The SMILES string of the molecule is COc1cc(C=Cc2ccc(C#N)cc2)c(OC)c(OC)c1. The van der Waals surface area contributed by atoms with Gasteiger partial charge in [0.1, 0.15) is 5.75 Å². The predicted molar refractivity (Wildman–Crippen MR) is 86.2 cm³/mol. The summed E-state index contributed by atoms with van der Waals surface area (Å²) in [6.07, 6.45) is 3.86. The lowest BCUT2D eigenvalue weighted by Crippen LogP contribution is -1.95. The minimum Gasteiger partial charge on any atom is -0.497 e. The van der Waals surface area contributed by atoms with Crippen LogP contribution in [0.15, 0.2) is 36.4 Å². The van der Waals surface area contributed by atoms with Gasteiger partial charge in [0.2, 0.25) is 0 Å². The number of rotatable bonds is 5. The molecule has 2 rings (SSSR count). The van der Waals surface area contributed by atoms with Crippen LogP contribution in [0.4, 0.5) is 0 Å². The topological polar surface area (TPSA) is 51.5 Å². The number of hydrogen-bond donors (Lipinski definition) is 0. The Labute approximate surface area is 130 Å². The van der Waals surface area contributed by atoms with Crippen molar-refractivity contribution in [2.24, 2.45) is 0 Å². The lowest BCUT2D eigenvalue weighted by molar-refractivity contribution is 0.348. The molecule has 0 N–H and O–H groups in total. The van der Waals surface area contributed by atoms with Crippen LogP contribution in [0.1, 0.15) is 16.7 Å². The third-order valence-corrected chi connectivity index (χ3v) is 3.21. The predicted octanol–water partition coefficient (Wildman–Crippen LogP) is 3.75. The number of nitrogens with zero attached hydrogens (tertiary/aromatic N) is 1. The van der Waals surface area contributed by atoms with E-state index in [0.717, 1.165) is 11.1 Å². The maximum absolute atomic E-state index is 8.81. The molecule has 0 spiro atoms. The molecule has 0 aliphatic rings. The molecular weight excluding hydrogens is 278 g/mol. The Balaban J connectivity index is 2.38. The molecule has 2 aromatic rings. The monoisotopic (exact) mass is 295 g/mol. The van der Waals surface area contributed by atoms with Gasteiger partial charge in [-0.15, -0.1) is 0 Å². The molecule has 0 aromatic heterocycles. The molecular formula is C18H17NO3. The lowest BCUT2D eigenvalue weighted by atomic mass is 10.1. The van der Waals surface area contributed by atoms with E-state index in [0.29, 0.717) is 22.8 Å². The second-order valence-electron chi connectivity index (χ2n) is 4.52. The summed E-state index contributed by atoms with van der Waals surface area (Å²) in [7, 11) is 4.80. The van der Waals surface area contributed by atoms with Gasteiger partial charge >= 0.3 is 0 Å². The highest BCUT2D eigenvalue weighted by Crippen LogP contribution is 2.36. The van der Waals surface area contributed by atoms with Crippen LogP contribution in [0, 0.1) is 11.3 Å². The molecule has 22 heavy (non-hydrogen) atoms. The van der Waals surface area contributed by atoms with Crippen LogP contribution < -0.4 is 14.2 Å². The fourth-order valence-corrected chi connectivity index (χ4v) is 2.06. The van der Waals surface area contributed by atoms with Crippen molar-refractivity contribution < 1.29 is 14.2 Å². The van der Waals surface area contributed by atoms with Gasteiger partial charge in [-0.05, 0) is 23.8 Å². The summed E-state index contributed by atoms with van der Waals surface area (Å²) >= 11 is 0. The van der Waals surface area contributed by atoms with E-state index in [1.54, 1.807) is 39.5 Å². The lowest BCUT2D eigenvalue weighted by Gasteiger charge is -2.12. The fourth-order valence-electron chi connectivity index (χ4n) is 2.06. The Morgan fingerprint density at radius 3 is 2.18 bits per heavy atom. The molecule has 4 heteroatoms. The van der Waals surface area contributed by atoms with E-state index < -0.39 is 0 Å². The Bertz CT molecular complexity index is 712. The van der Waals surface area contributed by atoms with Crippen LogP contribution in [0.3, 0.4) is 0 Å². The van der Waals surface area contributed by atoms with Gasteiger partial charge in [-0.1, -0.05) is 24.3 Å². The van der Waals surface area contributed by atoms with E-state index in [4.69, 9.17) is 19.5 Å². The van der Waals surface area contributed by atoms with Crippen molar-refractivity contribution in [1.29, 1.82) is 5.26 Å². The van der Waals surface area contributed by atoms with Crippen molar-refractivity contribution in [1.82, 2.24) is 0 Å². The highest BCUT2D eigenvalue weighted by atomic mass is 16.5. The highest BCUT2D eigenvalue weighted by Gasteiger charge is 2.10. The number of nitriles is 1. The smallest absolute Gasteiger partial charge is 0.168 e. The summed E-state index contributed by atoms with van der Waals surface area (Å²) < 4.78 is 16.0. The van der Waals surface area contributed by atoms with Gasteiger partial charge in [0.05, 0.1) is 33.0 Å². The van der Waals surface area contributed by atoms with Crippen molar-refractivity contribution in [3.63, 3.8) is 0 Å². The van der Waals surface area contributed by atoms with Gasteiger partial charge in [-0.25, -0.2) is 0 Å². The maximum atomic E-state index is 8.81. The van der Waals surface area contributed by atoms with Crippen molar-refractivity contribution in [2.45, 2.75) is 0 Å². The molecule has 0 unspecified atom stereocenters. The molecule has 0 saturated carbocycles. The largest absolute Gasteiger partial charge is 0.497 e. The second kappa shape index (κ2) is 7.19. The Kier molecular flexibility index (Phi) is 5.05. The quantitative estimate of drug-likeness (QED) is 0.788. The molecule has 0 fully saturated rings. The first-order valence-electron chi connectivity index (χ1n) is 6.70. The van der Waals surface area contributed by atoms with E-state index in [-0.39, 0.29) is 0 Å². The normalized spacial score (nSPS) is 10.3. The molecule has 0 saturated heterocycles. The van der Waals surface area contributed by atoms with Gasteiger partial charge in [0.25, 0.3) is 0 Å². The zero-order valence-corrected chi connectivity index (χ0v) is 12.8. The van der Waals surface area contributed by atoms with Gasteiger partial charge in [-0.2, -0.15) is 5.26 Å². The van der Waals surface area contributed by atoms with Gasteiger partial charge < -0.3 is 14.2 Å². The molecule has 4 nitrogen and oxygen atoms in total. The van der Waals surface area contributed by atoms with Crippen LogP contribution in [0.25, 0.3) is 12.2 Å². The summed E-state index contributed by atoms with van der Waals surface area (Å²) in [6.45, 7) is 0. The van der Waals surface area contributed by atoms with E-state index in [1.165, 1.54) is 0 Å². The first-order valence-corrected chi connectivity index (χ1v) is 6.70. The van der Waals surface area contributed by atoms with Crippen molar-refractivity contribution >= 4 is 12.2 Å². The Morgan fingerprint density at radius 1 is 0.909 bits per heavy atom. The number of ether oxygens (including phenoxy) is 3. The third-order valence-electron chi connectivity index (χ3n) is 3.21. The Morgan fingerprint density at radius 2 is 1.64 bits per heavy atom. The number of hydrogen-bond acceptors (Lipinski definition) is 4. The standard InChI is InChI=1S/C18H17NO3/c1-20-16-10-15(18(22-3)17(11-16)21-2)9-8-13-4-6-14(12-19)7-5-13/h4-11H,1-3H3. The number of benzene rings is 2. The van der Waals surface area contributed by atoms with E-state index >= 15 is 0 Å². The van der Waals surface area contributed by atoms with Crippen molar-refractivity contribution in [3.05, 3.63) is 53.1 Å². The average molecular weight is 295 g/mol. The molecule has 112 valence electrons. The fraction of sp³-hybridized carbons (Fsp3) is 0.167. The molecule has 0 bridgehead atoms. The molecule has 0 amide bonds. The summed E-state index contributed by atoms with van der Waals surface area (Å²) in [5.74, 6) is 1.95. The summed E-state index contributed by atoms with van der Waals surface area (Å²) in [5, 5.41) is 8.81. The summed E-state index contributed by atoms with van der Waals surface area (Å²) in [4.78, 5) is 0. The van der Waals surface area contributed by atoms with Gasteiger partial charge in [-0.3, -0.25) is 0 Å². The van der Waals surface area contributed by atoms with Crippen molar-refractivity contribution in [2.75, 3.05) is 21.3 Å². The molecule has 0 aliphatic heterocycles. The summed E-state index contributed by atoms with van der Waals surface area (Å²) in [5.41, 5.74) is 2.48. The molecule has 2 aromatic carbocycles. The van der Waals surface area contributed by atoms with Crippen LogP contribution in [0.5, 0.6) is 17.2 Å². The maximum Gasteiger partial charge on any atom is 0.168 e. The molecule has 0 aliphatic carbocycles. The van der Waals surface area contributed by atoms with Crippen LogP contribution in [0.2, 0.25) is 0 Å². The van der Waals surface area contributed by atoms with Gasteiger partial charge in [0.15, 0.2) is 11.5 Å². The molecule has 0 radical (unpaired) electrons. The minimum atomic E-state index is 0.612. The summed E-state index contributed by atoms with van der Waals surface area (Å²) in [6, 6.07) is 13.1. The first kappa shape index (κ1) is 15.5. The van der Waals surface area contributed by atoms with Crippen LogP contribution in [-0.4, -0.2) is 21.3 Å². The molecule has 0 atom stereocenters. The average Bonchev–Trinajstić information content (AvgIpc) is 2.59. The first-order chi connectivity index (χ1) is 10.7. The van der Waals surface area contributed by atoms with E-state index in [2.05, 4.69) is 6.07 Å². The van der Waals surface area contributed by atoms with Crippen LogP contribution >= 0.6 is 0 Å². The minimum absolute atomic E-state index is 0.612. The zero-order valence-electron chi connectivity index (χ0n) is 12.8. The van der Waals surface area contributed by atoms with Crippen LogP contribution in [-0.2, 0) is 0 Å². The molecule has 0 heterocycles.